The number of halogens is 6. The summed E-state index contributed by atoms with van der Waals surface area (Å²) >= 11 is 0. The molecule has 94 valence electrons. The Morgan fingerprint density at radius 1 is 1.25 bits per heavy atom. The Hall–Kier alpha value is -1.41. The summed E-state index contributed by atoms with van der Waals surface area (Å²) in [7, 11) is 0. The van der Waals surface area contributed by atoms with Crippen molar-refractivity contribution in [2.75, 3.05) is 6.61 Å². The van der Waals surface area contributed by atoms with Crippen LogP contribution in [-0.4, -0.2) is 31.1 Å². The first kappa shape index (κ1) is 14.6. The molecule has 0 aliphatic carbocycles. The molecule has 0 saturated heterocycles. The summed E-state index contributed by atoms with van der Waals surface area (Å²) in [6.45, 7) is 2.57. The van der Waals surface area contributed by atoms with E-state index in [-0.39, 0.29) is 0 Å². The highest BCUT2D eigenvalue weighted by molar-refractivity contribution is 5.67. The van der Waals surface area contributed by atoms with Crippen LogP contribution in [0.1, 0.15) is 0 Å². The minimum absolute atomic E-state index is 0.492. The normalized spacial score (nSPS) is 12.4. The van der Waals surface area contributed by atoms with Crippen LogP contribution in [0, 0.1) is 0 Å². The van der Waals surface area contributed by atoms with Gasteiger partial charge in [-0.15, -0.1) is 0 Å². The van der Waals surface area contributed by atoms with Crippen LogP contribution in [0.3, 0.4) is 0 Å². The molecule has 16 heavy (non-hydrogen) atoms. The molecule has 0 aromatic heterocycles. The smallest absolute Gasteiger partial charge is 0.417 e. The molecule has 0 unspecified atom stereocenters. The van der Waals surface area contributed by atoms with Crippen molar-refractivity contribution in [2.45, 2.75) is 18.4 Å². The molecular formula is C7H7F6NO2. The summed E-state index contributed by atoms with van der Waals surface area (Å²) in [5, 5.41) is 0.673. The molecule has 0 radical (unpaired) electrons. The molecule has 0 fully saturated rings. The lowest BCUT2D eigenvalue weighted by atomic mass is 10.3. The van der Waals surface area contributed by atoms with Gasteiger partial charge in [0.15, 0.2) is 0 Å². The predicted octanol–water partition coefficient (Wildman–Crippen LogP) is 2.39. The van der Waals surface area contributed by atoms with Crippen LogP contribution in [0.25, 0.3) is 0 Å². The number of ether oxygens (including phenoxy) is 1. The van der Waals surface area contributed by atoms with Crippen molar-refractivity contribution in [1.82, 2.24) is 5.32 Å². The molecule has 1 amide bonds. The monoisotopic (exact) mass is 251 g/mol. The van der Waals surface area contributed by atoms with Crippen LogP contribution < -0.4 is 5.32 Å². The maximum Gasteiger partial charge on any atom is 0.417 e. The van der Waals surface area contributed by atoms with Crippen molar-refractivity contribution in [1.29, 1.82) is 0 Å². The third kappa shape index (κ3) is 4.89. The molecule has 0 spiro atoms. The lowest BCUT2D eigenvalue weighted by molar-refractivity contribution is -0.256. The fraction of sp³-hybridized carbons (Fsp3) is 0.571. The maximum absolute atomic E-state index is 11.9. The Balaban J connectivity index is 4.58. The van der Waals surface area contributed by atoms with Crippen LogP contribution in [0.5, 0.6) is 0 Å². The van der Waals surface area contributed by atoms with Gasteiger partial charge in [0.1, 0.15) is 6.61 Å². The molecular weight excluding hydrogens is 244 g/mol. The molecule has 0 aromatic carbocycles. The van der Waals surface area contributed by atoms with Gasteiger partial charge in [-0.05, 0) is 0 Å². The third-order valence-corrected chi connectivity index (χ3v) is 1.25. The van der Waals surface area contributed by atoms with Crippen molar-refractivity contribution in [3.8, 4) is 0 Å². The van der Waals surface area contributed by atoms with Crippen molar-refractivity contribution in [3.05, 3.63) is 12.7 Å². The molecule has 0 aromatic rings. The number of alkyl carbamates (subject to hydrolysis) is 1. The molecule has 0 aliphatic heterocycles. The highest BCUT2D eigenvalue weighted by Gasteiger charge is 2.57. The van der Waals surface area contributed by atoms with E-state index in [0.29, 0.717) is 5.32 Å². The van der Waals surface area contributed by atoms with Gasteiger partial charge in [-0.1, -0.05) is 12.7 Å². The minimum Gasteiger partial charge on any atom is -0.445 e. The first-order chi connectivity index (χ1) is 7.09. The van der Waals surface area contributed by atoms with E-state index in [9.17, 15) is 31.1 Å². The number of amides is 1. The zero-order chi connectivity index (χ0) is 13.0. The summed E-state index contributed by atoms with van der Waals surface area (Å²) in [5.74, 6) is 0. The van der Waals surface area contributed by atoms with Gasteiger partial charge in [-0.3, -0.25) is 0 Å². The van der Waals surface area contributed by atoms with Gasteiger partial charge in [0, 0.05) is 0 Å². The summed E-state index contributed by atoms with van der Waals surface area (Å²) in [4.78, 5) is 10.5. The number of hydrogen-bond acceptors (Lipinski definition) is 2. The van der Waals surface area contributed by atoms with Crippen LogP contribution >= 0.6 is 0 Å². The fourth-order valence-electron chi connectivity index (χ4n) is 0.643. The number of rotatable bonds is 3. The maximum atomic E-state index is 11.9. The quantitative estimate of drug-likeness (QED) is 0.617. The van der Waals surface area contributed by atoms with Crippen molar-refractivity contribution in [2.24, 2.45) is 0 Å². The second kappa shape index (κ2) is 5.08. The number of carbonyl (C=O) groups is 1. The Morgan fingerprint density at radius 2 is 1.69 bits per heavy atom. The molecule has 9 heteroatoms. The van der Waals surface area contributed by atoms with Gasteiger partial charge >= 0.3 is 18.4 Å². The second-order valence-corrected chi connectivity index (χ2v) is 2.55. The van der Waals surface area contributed by atoms with Gasteiger partial charge < -0.3 is 10.1 Å². The molecule has 3 nitrogen and oxygen atoms in total. The van der Waals surface area contributed by atoms with Gasteiger partial charge in [0.25, 0.3) is 0 Å². The number of alkyl halides is 6. The fourth-order valence-corrected chi connectivity index (χ4v) is 0.643. The lowest BCUT2D eigenvalue weighted by Crippen LogP contribution is -2.54. The van der Waals surface area contributed by atoms with Crippen LogP contribution in [-0.2, 0) is 4.74 Å². The molecule has 0 saturated carbocycles. The molecule has 0 aliphatic rings. The topological polar surface area (TPSA) is 38.3 Å². The Kier molecular flexibility index (Phi) is 4.63. The molecule has 0 atom stereocenters. The highest BCUT2D eigenvalue weighted by Crippen LogP contribution is 2.33. The zero-order valence-electron chi connectivity index (χ0n) is 7.65. The Bertz CT molecular complexity index is 245. The van der Waals surface area contributed by atoms with Gasteiger partial charge in [-0.25, -0.2) is 4.79 Å². The van der Waals surface area contributed by atoms with E-state index in [4.69, 9.17) is 0 Å². The van der Waals surface area contributed by atoms with E-state index in [1.54, 1.807) is 0 Å². The largest absolute Gasteiger partial charge is 0.445 e. The zero-order valence-corrected chi connectivity index (χ0v) is 7.65. The molecule has 0 bridgehead atoms. The standard InChI is InChI=1S/C7H7F6NO2/c1-2-3-16-5(15)14-4(6(8,9)10)7(11,12)13/h2,4H,1,3H2,(H,14,15). The first-order valence-corrected chi connectivity index (χ1v) is 3.76. The summed E-state index contributed by atoms with van der Waals surface area (Å²) in [6, 6.07) is -3.95. The van der Waals surface area contributed by atoms with E-state index in [1.165, 1.54) is 0 Å². The highest BCUT2D eigenvalue weighted by atomic mass is 19.4. The number of carbonyl (C=O) groups excluding carboxylic acids is 1. The van der Waals surface area contributed by atoms with Gasteiger partial charge in [0.2, 0.25) is 6.04 Å². The average Bonchev–Trinajstić information content (AvgIpc) is 2.07. The van der Waals surface area contributed by atoms with Gasteiger partial charge in [0.05, 0.1) is 0 Å². The van der Waals surface area contributed by atoms with Crippen LogP contribution in [0.2, 0.25) is 0 Å². The van der Waals surface area contributed by atoms with Crippen LogP contribution in [0.15, 0.2) is 12.7 Å². The SMILES string of the molecule is C=CCOC(=O)NC(C(F)(F)F)C(F)(F)F. The summed E-state index contributed by atoms with van der Waals surface area (Å²) < 4.78 is 75.3. The Labute approximate surface area is 86.1 Å². The minimum atomic E-state index is -5.63. The predicted molar refractivity (Wildman–Crippen MR) is 40.6 cm³/mol. The third-order valence-electron chi connectivity index (χ3n) is 1.25. The molecule has 0 rings (SSSR count). The lowest BCUT2D eigenvalue weighted by Gasteiger charge is -2.23. The van der Waals surface area contributed by atoms with E-state index in [2.05, 4.69) is 11.3 Å². The van der Waals surface area contributed by atoms with E-state index < -0.39 is 31.1 Å². The van der Waals surface area contributed by atoms with Crippen molar-refractivity contribution in [3.63, 3.8) is 0 Å². The molecule has 0 heterocycles. The summed E-state index contributed by atoms with van der Waals surface area (Å²) in [5.41, 5.74) is 0. The van der Waals surface area contributed by atoms with Crippen molar-refractivity contribution < 1.29 is 35.9 Å². The first-order valence-electron chi connectivity index (χ1n) is 3.76. The second-order valence-electron chi connectivity index (χ2n) is 2.55. The van der Waals surface area contributed by atoms with Crippen LogP contribution in [0.4, 0.5) is 31.1 Å². The summed E-state index contributed by atoms with van der Waals surface area (Å²) in [6.07, 6.45) is -12.1. The Morgan fingerprint density at radius 3 is 2.00 bits per heavy atom. The number of nitrogens with one attached hydrogen (secondary N) is 1. The van der Waals surface area contributed by atoms with Gasteiger partial charge in [-0.2, -0.15) is 26.3 Å². The molecule has 1 N–H and O–H groups in total. The average molecular weight is 251 g/mol. The van der Waals surface area contributed by atoms with Crippen molar-refractivity contribution >= 4 is 6.09 Å². The van der Waals surface area contributed by atoms with E-state index in [0.717, 1.165) is 6.08 Å². The van der Waals surface area contributed by atoms with E-state index >= 15 is 0 Å². The van der Waals surface area contributed by atoms with E-state index in [1.807, 2.05) is 0 Å². The number of hydrogen-bond donors (Lipinski definition) is 1.